The van der Waals surface area contributed by atoms with E-state index in [0.717, 1.165) is 50.3 Å². The number of nitrogens with one attached hydrogen (secondary N) is 1. The average molecular weight is 448 g/mol. The minimum absolute atomic E-state index is 0.0484. The van der Waals surface area contributed by atoms with Crippen molar-refractivity contribution in [2.75, 3.05) is 38.0 Å². The largest absolute Gasteiger partial charge is 0.337 e. The molecule has 3 aliphatic rings. The SMILES string of the molecule is CCN1C(=O)[C@H]2CN(Cc3cccnc3)C[C@H]2C12CCN(C(=O)Nc1ccccc1C)CC2. The first-order valence-electron chi connectivity index (χ1n) is 12.1. The fraction of sp³-hybridized carbons (Fsp3) is 0.500. The maximum Gasteiger partial charge on any atom is 0.321 e. The fourth-order valence-electron chi connectivity index (χ4n) is 6.29. The summed E-state index contributed by atoms with van der Waals surface area (Å²) in [5, 5.41) is 3.07. The Bertz CT molecular complexity index is 1020. The van der Waals surface area contributed by atoms with Crippen LogP contribution in [0.4, 0.5) is 10.5 Å². The molecular formula is C26H33N5O2. The van der Waals surface area contributed by atoms with Gasteiger partial charge in [0.15, 0.2) is 0 Å². The summed E-state index contributed by atoms with van der Waals surface area (Å²) < 4.78 is 0. The van der Waals surface area contributed by atoms with Gasteiger partial charge < -0.3 is 15.1 Å². The highest BCUT2D eigenvalue weighted by Gasteiger charge is 2.61. The van der Waals surface area contributed by atoms with E-state index in [9.17, 15) is 9.59 Å². The van der Waals surface area contributed by atoms with E-state index in [1.165, 1.54) is 5.56 Å². The van der Waals surface area contributed by atoms with Crippen molar-refractivity contribution in [1.29, 1.82) is 0 Å². The normalized spacial score (nSPS) is 24.4. The molecule has 2 atom stereocenters. The Morgan fingerprint density at radius 3 is 2.64 bits per heavy atom. The molecule has 3 amide bonds. The van der Waals surface area contributed by atoms with Crippen LogP contribution in [0.25, 0.3) is 0 Å². The quantitative estimate of drug-likeness (QED) is 0.780. The number of hydrogen-bond donors (Lipinski definition) is 1. The summed E-state index contributed by atoms with van der Waals surface area (Å²) in [4.78, 5) is 37.0. The van der Waals surface area contributed by atoms with Crippen LogP contribution >= 0.6 is 0 Å². The molecule has 174 valence electrons. The number of urea groups is 1. The number of hydrogen-bond acceptors (Lipinski definition) is 4. The van der Waals surface area contributed by atoms with Crippen LogP contribution in [0.2, 0.25) is 0 Å². The number of piperidine rings is 1. The third kappa shape index (κ3) is 3.88. The Hall–Kier alpha value is -2.93. The van der Waals surface area contributed by atoms with Gasteiger partial charge in [-0.05, 0) is 49.9 Å². The number of para-hydroxylation sites is 1. The lowest BCUT2D eigenvalue weighted by Crippen LogP contribution is -2.58. The van der Waals surface area contributed by atoms with E-state index in [1.807, 2.05) is 48.4 Å². The Morgan fingerprint density at radius 1 is 1.15 bits per heavy atom. The van der Waals surface area contributed by atoms with Crippen LogP contribution in [0.5, 0.6) is 0 Å². The molecule has 0 unspecified atom stereocenters. The van der Waals surface area contributed by atoms with E-state index in [1.54, 1.807) is 6.20 Å². The minimum Gasteiger partial charge on any atom is -0.337 e. The van der Waals surface area contributed by atoms with Gasteiger partial charge in [-0.15, -0.1) is 0 Å². The number of fused-ring (bicyclic) bond motifs is 2. The average Bonchev–Trinajstić information content (AvgIpc) is 3.33. The number of pyridine rings is 1. The van der Waals surface area contributed by atoms with Gasteiger partial charge in [0.25, 0.3) is 0 Å². The van der Waals surface area contributed by atoms with Crippen molar-refractivity contribution in [2.24, 2.45) is 11.8 Å². The van der Waals surface area contributed by atoms with E-state index in [2.05, 4.69) is 33.1 Å². The molecule has 7 heteroatoms. The van der Waals surface area contributed by atoms with E-state index in [-0.39, 0.29) is 17.5 Å². The van der Waals surface area contributed by atoms with Crippen LogP contribution in [0.1, 0.15) is 30.9 Å². The molecule has 4 heterocycles. The topological polar surface area (TPSA) is 68.8 Å². The highest BCUT2D eigenvalue weighted by molar-refractivity contribution is 5.90. The van der Waals surface area contributed by atoms with E-state index in [0.29, 0.717) is 24.9 Å². The number of nitrogens with zero attached hydrogens (tertiary/aromatic N) is 4. The van der Waals surface area contributed by atoms with Gasteiger partial charge in [0.05, 0.1) is 11.5 Å². The molecule has 3 aliphatic heterocycles. The van der Waals surface area contributed by atoms with Gasteiger partial charge in [-0.1, -0.05) is 24.3 Å². The Morgan fingerprint density at radius 2 is 1.94 bits per heavy atom. The smallest absolute Gasteiger partial charge is 0.321 e. The van der Waals surface area contributed by atoms with Gasteiger partial charge in [-0.25, -0.2) is 4.79 Å². The number of carbonyl (C=O) groups excluding carboxylic acids is 2. The summed E-state index contributed by atoms with van der Waals surface area (Å²) in [6, 6.07) is 11.9. The molecule has 1 aromatic heterocycles. The maximum absolute atomic E-state index is 13.4. The molecule has 5 rings (SSSR count). The molecule has 0 aliphatic carbocycles. The summed E-state index contributed by atoms with van der Waals surface area (Å²) in [5.74, 6) is 0.686. The number of rotatable bonds is 4. The Kier molecular flexibility index (Phi) is 5.83. The van der Waals surface area contributed by atoms with Crippen molar-refractivity contribution >= 4 is 17.6 Å². The van der Waals surface area contributed by atoms with E-state index < -0.39 is 0 Å². The first kappa shape index (κ1) is 21.9. The second-order valence-electron chi connectivity index (χ2n) is 9.69. The first-order valence-corrected chi connectivity index (χ1v) is 12.1. The lowest BCUT2D eigenvalue weighted by Gasteiger charge is -2.47. The number of benzene rings is 1. The summed E-state index contributed by atoms with van der Waals surface area (Å²) in [7, 11) is 0. The summed E-state index contributed by atoms with van der Waals surface area (Å²) >= 11 is 0. The maximum atomic E-state index is 13.4. The van der Waals surface area contributed by atoms with E-state index in [4.69, 9.17) is 0 Å². The predicted octanol–water partition coefficient (Wildman–Crippen LogP) is 3.37. The molecule has 0 saturated carbocycles. The van der Waals surface area contributed by atoms with Crippen LogP contribution in [0.15, 0.2) is 48.8 Å². The molecule has 0 radical (unpaired) electrons. The van der Waals surface area contributed by atoms with Crippen molar-refractivity contribution in [2.45, 2.75) is 38.8 Å². The van der Waals surface area contributed by atoms with Crippen LogP contribution in [-0.4, -0.2) is 69.9 Å². The zero-order valence-electron chi connectivity index (χ0n) is 19.5. The van der Waals surface area contributed by atoms with Crippen LogP contribution < -0.4 is 5.32 Å². The highest BCUT2D eigenvalue weighted by Crippen LogP contribution is 2.49. The molecular weight excluding hydrogens is 414 g/mol. The molecule has 33 heavy (non-hydrogen) atoms. The standard InChI is InChI=1S/C26H33N5O2/c1-3-31-24(32)21-17-29(16-20-8-6-12-27-15-20)18-22(21)26(31)10-13-30(14-11-26)25(33)28-23-9-5-4-7-19(23)2/h4-9,12,15,21-22H,3,10-11,13-14,16-18H2,1-2H3,(H,28,33)/t21-,22+/m0/s1. The van der Waals surface area contributed by atoms with Gasteiger partial charge in [0.2, 0.25) is 5.91 Å². The summed E-state index contributed by atoms with van der Waals surface area (Å²) in [6.07, 6.45) is 5.39. The van der Waals surface area contributed by atoms with Crippen molar-refractivity contribution in [3.05, 3.63) is 59.9 Å². The molecule has 7 nitrogen and oxygen atoms in total. The molecule has 3 fully saturated rings. The highest BCUT2D eigenvalue weighted by atomic mass is 16.2. The number of aryl methyl sites for hydroxylation is 1. The zero-order chi connectivity index (χ0) is 23.0. The predicted molar refractivity (Wildman–Crippen MR) is 128 cm³/mol. The van der Waals surface area contributed by atoms with Crippen molar-refractivity contribution in [1.82, 2.24) is 19.7 Å². The molecule has 1 aromatic carbocycles. The van der Waals surface area contributed by atoms with Crippen molar-refractivity contribution in [3.63, 3.8) is 0 Å². The lowest BCUT2D eigenvalue weighted by atomic mass is 9.75. The number of anilines is 1. The van der Waals surface area contributed by atoms with E-state index >= 15 is 0 Å². The minimum atomic E-state index is -0.139. The van der Waals surface area contributed by atoms with Crippen LogP contribution in [0.3, 0.4) is 0 Å². The van der Waals surface area contributed by atoms with Gasteiger partial charge >= 0.3 is 6.03 Å². The van der Waals surface area contributed by atoms with Crippen LogP contribution in [0, 0.1) is 18.8 Å². The Balaban J connectivity index is 1.28. The number of carbonyl (C=O) groups is 2. The third-order valence-electron chi connectivity index (χ3n) is 7.95. The number of aromatic nitrogens is 1. The van der Waals surface area contributed by atoms with Crippen molar-refractivity contribution in [3.8, 4) is 0 Å². The van der Waals surface area contributed by atoms with Gasteiger partial charge in [-0.2, -0.15) is 0 Å². The van der Waals surface area contributed by atoms with Gasteiger partial charge in [0.1, 0.15) is 0 Å². The second kappa shape index (κ2) is 8.78. The molecule has 1 N–H and O–H groups in total. The second-order valence-corrected chi connectivity index (χ2v) is 9.69. The van der Waals surface area contributed by atoms with Crippen molar-refractivity contribution < 1.29 is 9.59 Å². The Labute approximate surface area is 195 Å². The fourth-order valence-corrected chi connectivity index (χ4v) is 6.29. The monoisotopic (exact) mass is 447 g/mol. The van der Waals surface area contributed by atoms with Crippen LogP contribution in [-0.2, 0) is 11.3 Å². The van der Waals surface area contributed by atoms with Gasteiger partial charge in [0, 0.05) is 63.3 Å². The lowest BCUT2D eigenvalue weighted by molar-refractivity contribution is -0.135. The number of amides is 3. The molecule has 1 spiro atoms. The summed E-state index contributed by atoms with van der Waals surface area (Å²) in [5.41, 5.74) is 2.96. The molecule has 2 aromatic rings. The number of likely N-dealkylation sites (tertiary alicyclic amines) is 3. The third-order valence-corrected chi connectivity index (χ3v) is 7.95. The zero-order valence-corrected chi connectivity index (χ0v) is 19.5. The van der Waals surface area contributed by atoms with Gasteiger partial charge in [-0.3, -0.25) is 14.7 Å². The molecule has 3 saturated heterocycles. The molecule has 0 bridgehead atoms. The first-order chi connectivity index (χ1) is 16.0. The summed E-state index contributed by atoms with van der Waals surface area (Å²) in [6.45, 7) is 8.75.